The molecule has 1 heterocycles. The minimum absolute atomic E-state index is 0.601. The van der Waals surface area contributed by atoms with Crippen LogP contribution < -0.4 is 0 Å². The molecule has 1 fully saturated rings. The highest BCUT2D eigenvalue weighted by molar-refractivity contribution is 9.09. The molecule has 3 heteroatoms. The van der Waals surface area contributed by atoms with Crippen LogP contribution in [0.4, 0.5) is 0 Å². The Hall–Kier alpha value is -0.310. The Kier molecular flexibility index (Phi) is 2.96. The topological polar surface area (TPSA) is 17.8 Å². The molecule has 0 atom stereocenters. The molecule has 1 saturated carbocycles. The predicted octanol–water partition coefficient (Wildman–Crippen LogP) is 2.92. The number of hydrogen-bond donors (Lipinski definition) is 0. The number of halogens is 1. The summed E-state index contributed by atoms with van der Waals surface area (Å²) in [5.74, 6) is 0. The van der Waals surface area contributed by atoms with Gasteiger partial charge in [-0.25, -0.2) is 0 Å². The normalized spacial score (nSPS) is 19.3. The Morgan fingerprint density at radius 3 is 2.79 bits per heavy atom. The van der Waals surface area contributed by atoms with Gasteiger partial charge in [0.05, 0.1) is 0 Å². The molecular weight excluding hydrogens is 240 g/mol. The van der Waals surface area contributed by atoms with E-state index in [0.717, 1.165) is 5.33 Å². The molecule has 1 aliphatic carbocycles. The summed E-state index contributed by atoms with van der Waals surface area (Å²) in [7, 11) is 2.02. The second-order valence-electron chi connectivity index (χ2n) is 4.43. The highest BCUT2D eigenvalue weighted by atomic mass is 79.9. The Morgan fingerprint density at radius 2 is 2.36 bits per heavy atom. The summed E-state index contributed by atoms with van der Waals surface area (Å²) in [6, 6.07) is 2.13. The summed E-state index contributed by atoms with van der Waals surface area (Å²) >= 11 is 3.64. The number of rotatable bonds is 4. The second kappa shape index (κ2) is 4.05. The Labute approximate surface area is 93.8 Å². The molecule has 0 radical (unpaired) electrons. The van der Waals surface area contributed by atoms with Gasteiger partial charge in [0, 0.05) is 24.3 Å². The maximum atomic E-state index is 4.19. The average Bonchev–Trinajstić information content (AvgIpc) is 2.51. The van der Waals surface area contributed by atoms with Crippen LogP contribution in [-0.2, 0) is 13.5 Å². The molecule has 0 aliphatic heterocycles. The number of aryl methyl sites for hydroxylation is 2. The van der Waals surface area contributed by atoms with Gasteiger partial charge in [0.15, 0.2) is 0 Å². The predicted molar refractivity (Wildman–Crippen MR) is 61.6 cm³/mol. The zero-order valence-electron chi connectivity index (χ0n) is 8.67. The Bertz CT molecular complexity index is 296. The van der Waals surface area contributed by atoms with Crippen LogP contribution in [0.25, 0.3) is 0 Å². The standard InChI is InChI=1S/C11H17BrN2/c1-14-10(4-8-13-14)3-7-11(9-12)5-2-6-11/h4,8H,2-3,5-7,9H2,1H3. The first-order chi connectivity index (χ1) is 6.76. The molecule has 0 aromatic carbocycles. The van der Waals surface area contributed by atoms with Gasteiger partial charge in [-0.3, -0.25) is 4.68 Å². The fourth-order valence-corrected chi connectivity index (χ4v) is 3.01. The summed E-state index contributed by atoms with van der Waals surface area (Å²) < 4.78 is 1.99. The molecule has 2 rings (SSSR count). The van der Waals surface area contributed by atoms with Crippen molar-refractivity contribution in [2.45, 2.75) is 32.1 Å². The van der Waals surface area contributed by atoms with E-state index in [1.54, 1.807) is 0 Å². The minimum Gasteiger partial charge on any atom is -0.273 e. The maximum Gasteiger partial charge on any atom is 0.0492 e. The summed E-state index contributed by atoms with van der Waals surface area (Å²) in [4.78, 5) is 0. The molecule has 0 spiro atoms. The van der Waals surface area contributed by atoms with Crippen LogP contribution >= 0.6 is 15.9 Å². The smallest absolute Gasteiger partial charge is 0.0492 e. The maximum absolute atomic E-state index is 4.19. The van der Waals surface area contributed by atoms with Crippen molar-refractivity contribution in [3.63, 3.8) is 0 Å². The highest BCUT2D eigenvalue weighted by Gasteiger charge is 2.35. The minimum atomic E-state index is 0.601. The molecule has 0 amide bonds. The van der Waals surface area contributed by atoms with E-state index in [0.29, 0.717) is 5.41 Å². The van der Waals surface area contributed by atoms with Crippen molar-refractivity contribution in [2.24, 2.45) is 12.5 Å². The van der Waals surface area contributed by atoms with Gasteiger partial charge in [-0.2, -0.15) is 5.10 Å². The summed E-state index contributed by atoms with van der Waals surface area (Å²) in [6.45, 7) is 0. The largest absolute Gasteiger partial charge is 0.273 e. The first-order valence-electron chi connectivity index (χ1n) is 5.29. The average molecular weight is 257 g/mol. The lowest BCUT2D eigenvalue weighted by Crippen LogP contribution is -2.31. The Morgan fingerprint density at radius 1 is 1.57 bits per heavy atom. The van der Waals surface area contributed by atoms with Crippen molar-refractivity contribution >= 4 is 15.9 Å². The van der Waals surface area contributed by atoms with Crippen molar-refractivity contribution in [1.29, 1.82) is 0 Å². The molecule has 0 unspecified atom stereocenters. The van der Waals surface area contributed by atoms with Crippen molar-refractivity contribution in [2.75, 3.05) is 5.33 Å². The molecule has 1 aliphatic rings. The lowest BCUT2D eigenvalue weighted by Gasteiger charge is -2.40. The van der Waals surface area contributed by atoms with E-state index in [1.165, 1.54) is 37.8 Å². The van der Waals surface area contributed by atoms with E-state index in [1.807, 2.05) is 17.9 Å². The molecule has 1 aromatic rings. The van der Waals surface area contributed by atoms with Crippen molar-refractivity contribution in [3.8, 4) is 0 Å². The van der Waals surface area contributed by atoms with Gasteiger partial charge >= 0.3 is 0 Å². The third kappa shape index (κ3) is 1.88. The van der Waals surface area contributed by atoms with Crippen LogP contribution in [-0.4, -0.2) is 15.1 Å². The van der Waals surface area contributed by atoms with E-state index < -0.39 is 0 Å². The lowest BCUT2D eigenvalue weighted by atomic mass is 9.67. The van der Waals surface area contributed by atoms with Crippen LogP contribution in [0.15, 0.2) is 12.3 Å². The Balaban J connectivity index is 1.90. The van der Waals surface area contributed by atoms with Crippen LogP contribution in [0.3, 0.4) is 0 Å². The van der Waals surface area contributed by atoms with Gasteiger partial charge in [0.2, 0.25) is 0 Å². The number of alkyl halides is 1. The van der Waals surface area contributed by atoms with E-state index >= 15 is 0 Å². The third-order valence-electron chi connectivity index (χ3n) is 3.53. The molecule has 0 bridgehead atoms. The number of hydrogen-bond acceptors (Lipinski definition) is 1. The zero-order valence-corrected chi connectivity index (χ0v) is 10.3. The molecule has 0 N–H and O–H groups in total. The number of nitrogens with zero attached hydrogens (tertiary/aromatic N) is 2. The van der Waals surface area contributed by atoms with Crippen LogP contribution in [0, 0.1) is 5.41 Å². The van der Waals surface area contributed by atoms with E-state index in [-0.39, 0.29) is 0 Å². The molecule has 78 valence electrons. The summed E-state index contributed by atoms with van der Waals surface area (Å²) in [5.41, 5.74) is 1.96. The van der Waals surface area contributed by atoms with Gasteiger partial charge in [0.25, 0.3) is 0 Å². The van der Waals surface area contributed by atoms with Crippen LogP contribution in [0.2, 0.25) is 0 Å². The van der Waals surface area contributed by atoms with Crippen LogP contribution in [0.5, 0.6) is 0 Å². The molecular formula is C11H17BrN2. The third-order valence-corrected chi connectivity index (χ3v) is 4.72. The first-order valence-corrected chi connectivity index (χ1v) is 6.41. The van der Waals surface area contributed by atoms with Gasteiger partial charge in [0.1, 0.15) is 0 Å². The lowest BCUT2D eigenvalue weighted by molar-refractivity contribution is 0.154. The van der Waals surface area contributed by atoms with E-state index in [9.17, 15) is 0 Å². The first kappa shape index (κ1) is 10.2. The summed E-state index contributed by atoms with van der Waals surface area (Å²) in [5, 5.41) is 5.36. The van der Waals surface area contributed by atoms with Gasteiger partial charge < -0.3 is 0 Å². The summed E-state index contributed by atoms with van der Waals surface area (Å²) in [6.07, 6.45) is 8.57. The van der Waals surface area contributed by atoms with E-state index in [4.69, 9.17) is 0 Å². The number of aromatic nitrogens is 2. The second-order valence-corrected chi connectivity index (χ2v) is 4.99. The fraction of sp³-hybridized carbons (Fsp3) is 0.727. The van der Waals surface area contributed by atoms with Gasteiger partial charge in [-0.15, -0.1) is 0 Å². The molecule has 14 heavy (non-hydrogen) atoms. The zero-order chi connectivity index (χ0) is 10.0. The van der Waals surface area contributed by atoms with Gasteiger partial charge in [-0.1, -0.05) is 22.4 Å². The molecule has 0 saturated heterocycles. The van der Waals surface area contributed by atoms with Crippen LogP contribution in [0.1, 0.15) is 31.4 Å². The quantitative estimate of drug-likeness (QED) is 0.758. The van der Waals surface area contributed by atoms with E-state index in [2.05, 4.69) is 27.1 Å². The molecule has 1 aromatic heterocycles. The SMILES string of the molecule is Cn1nccc1CCC1(CBr)CCC1. The molecule has 2 nitrogen and oxygen atoms in total. The monoisotopic (exact) mass is 256 g/mol. The van der Waals surface area contributed by atoms with Crippen molar-refractivity contribution < 1.29 is 0 Å². The van der Waals surface area contributed by atoms with Crippen molar-refractivity contribution in [3.05, 3.63) is 18.0 Å². The fourth-order valence-electron chi connectivity index (χ4n) is 2.17. The van der Waals surface area contributed by atoms with Crippen molar-refractivity contribution in [1.82, 2.24) is 9.78 Å². The highest BCUT2D eigenvalue weighted by Crippen LogP contribution is 2.45. The van der Waals surface area contributed by atoms with Gasteiger partial charge in [-0.05, 0) is 37.2 Å².